The van der Waals surface area contributed by atoms with Crippen LogP contribution in [-0.2, 0) is 0 Å². The van der Waals surface area contributed by atoms with Crippen LogP contribution in [-0.4, -0.2) is 31.5 Å². The van der Waals surface area contributed by atoms with E-state index in [0.29, 0.717) is 11.9 Å². The van der Waals surface area contributed by atoms with Crippen molar-refractivity contribution in [2.45, 2.75) is 50.2 Å². The maximum atomic E-state index is 6.04. The highest BCUT2D eigenvalue weighted by Crippen LogP contribution is 2.45. The molecular formula is C11H16Cl3N5. The maximum absolute atomic E-state index is 6.04. The largest absolute Gasteiger partial charge is 0.352 e. The summed E-state index contributed by atoms with van der Waals surface area (Å²) in [5.74, 6) is 0.825. The van der Waals surface area contributed by atoms with Crippen molar-refractivity contribution in [2.24, 2.45) is 0 Å². The molecule has 0 spiro atoms. The molecule has 1 aromatic rings. The van der Waals surface area contributed by atoms with Crippen molar-refractivity contribution in [3.8, 4) is 0 Å². The third kappa shape index (κ3) is 3.52. The molecule has 8 heteroatoms. The van der Waals surface area contributed by atoms with Crippen LogP contribution in [0.3, 0.4) is 0 Å². The number of anilines is 2. The first-order chi connectivity index (χ1) is 8.82. The normalized spacial score (nSPS) is 16.8. The number of alkyl halides is 2. The molecule has 0 amide bonds. The van der Waals surface area contributed by atoms with E-state index in [1.54, 1.807) is 4.90 Å². The minimum Gasteiger partial charge on any atom is -0.352 e. The SMILES string of the molecule is CC(C)Nc1nc(Cl)nc(N(C(Cl)Cl)C2(C)CC2)n1. The Bertz CT molecular complexity index is 462. The molecule has 0 atom stereocenters. The zero-order valence-electron chi connectivity index (χ0n) is 11.0. The van der Waals surface area contributed by atoms with E-state index in [1.807, 2.05) is 13.8 Å². The monoisotopic (exact) mass is 323 g/mol. The van der Waals surface area contributed by atoms with Crippen molar-refractivity contribution in [1.82, 2.24) is 15.0 Å². The van der Waals surface area contributed by atoms with E-state index in [-0.39, 0.29) is 16.9 Å². The molecule has 106 valence electrons. The van der Waals surface area contributed by atoms with Gasteiger partial charge in [-0.3, -0.25) is 0 Å². The molecule has 1 aliphatic carbocycles. The van der Waals surface area contributed by atoms with E-state index in [4.69, 9.17) is 34.8 Å². The molecule has 1 fully saturated rings. The van der Waals surface area contributed by atoms with E-state index in [9.17, 15) is 0 Å². The fourth-order valence-corrected chi connectivity index (χ4v) is 2.56. The zero-order chi connectivity index (χ0) is 14.2. The van der Waals surface area contributed by atoms with Gasteiger partial charge in [0.15, 0.2) is 4.96 Å². The summed E-state index contributed by atoms with van der Waals surface area (Å²) < 4.78 is 0. The van der Waals surface area contributed by atoms with Gasteiger partial charge in [-0.1, -0.05) is 23.2 Å². The Labute approximate surface area is 127 Å². The molecule has 0 bridgehead atoms. The summed E-state index contributed by atoms with van der Waals surface area (Å²) in [5.41, 5.74) is -0.103. The minimum absolute atomic E-state index is 0.103. The van der Waals surface area contributed by atoms with Gasteiger partial charge in [0.1, 0.15) is 0 Å². The summed E-state index contributed by atoms with van der Waals surface area (Å²) in [6.45, 7) is 6.05. The number of nitrogens with zero attached hydrogens (tertiary/aromatic N) is 4. The zero-order valence-corrected chi connectivity index (χ0v) is 13.3. The molecule has 0 unspecified atom stereocenters. The second kappa shape index (κ2) is 5.46. The lowest BCUT2D eigenvalue weighted by atomic mass is 10.3. The van der Waals surface area contributed by atoms with Gasteiger partial charge in [-0.05, 0) is 45.2 Å². The van der Waals surface area contributed by atoms with Gasteiger partial charge in [0.05, 0.1) is 0 Å². The Kier molecular flexibility index (Phi) is 4.28. The number of rotatable bonds is 5. The highest BCUT2D eigenvalue weighted by Gasteiger charge is 2.47. The molecule has 0 aliphatic heterocycles. The van der Waals surface area contributed by atoms with Crippen LogP contribution >= 0.6 is 34.8 Å². The highest BCUT2D eigenvalue weighted by atomic mass is 35.5. The Hall–Kier alpha value is -0.520. The molecular weight excluding hydrogens is 309 g/mol. The fraction of sp³-hybridized carbons (Fsp3) is 0.727. The van der Waals surface area contributed by atoms with Crippen LogP contribution in [0.5, 0.6) is 0 Å². The van der Waals surface area contributed by atoms with Crippen molar-refractivity contribution in [2.75, 3.05) is 10.2 Å². The maximum Gasteiger partial charge on any atom is 0.234 e. The van der Waals surface area contributed by atoms with Gasteiger partial charge in [0, 0.05) is 11.6 Å². The second-order valence-electron chi connectivity index (χ2n) is 5.17. The van der Waals surface area contributed by atoms with Gasteiger partial charge in [-0.2, -0.15) is 15.0 Å². The Balaban J connectivity index is 2.34. The van der Waals surface area contributed by atoms with Crippen LogP contribution in [0.1, 0.15) is 33.6 Å². The lowest BCUT2D eigenvalue weighted by Gasteiger charge is -2.30. The first-order valence-corrected chi connectivity index (χ1v) is 7.32. The van der Waals surface area contributed by atoms with Gasteiger partial charge in [-0.25, -0.2) is 0 Å². The Morgan fingerprint density at radius 3 is 2.32 bits per heavy atom. The molecule has 1 aromatic heterocycles. The molecule has 0 aromatic carbocycles. The Morgan fingerprint density at radius 1 is 1.21 bits per heavy atom. The smallest absolute Gasteiger partial charge is 0.234 e. The molecule has 19 heavy (non-hydrogen) atoms. The van der Waals surface area contributed by atoms with Crippen LogP contribution in [0.15, 0.2) is 0 Å². The van der Waals surface area contributed by atoms with E-state index >= 15 is 0 Å². The van der Waals surface area contributed by atoms with Gasteiger partial charge in [0.25, 0.3) is 0 Å². The molecule has 1 aliphatic rings. The third-order valence-electron chi connectivity index (χ3n) is 2.98. The number of hydrogen-bond acceptors (Lipinski definition) is 5. The number of aromatic nitrogens is 3. The molecule has 1 heterocycles. The van der Waals surface area contributed by atoms with Crippen LogP contribution in [0.2, 0.25) is 5.28 Å². The summed E-state index contributed by atoms with van der Waals surface area (Å²) in [5, 5.41) is 3.21. The number of hydrogen-bond donors (Lipinski definition) is 1. The van der Waals surface area contributed by atoms with Crippen molar-refractivity contribution >= 4 is 46.7 Å². The Morgan fingerprint density at radius 2 is 1.84 bits per heavy atom. The van der Waals surface area contributed by atoms with Gasteiger partial charge < -0.3 is 10.2 Å². The van der Waals surface area contributed by atoms with E-state index in [2.05, 4.69) is 27.2 Å². The van der Waals surface area contributed by atoms with E-state index in [0.717, 1.165) is 12.8 Å². The van der Waals surface area contributed by atoms with Crippen LogP contribution in [0.4, 0.5) is 11.9 Å². The second-order valence-corrected chi connectivity index (χ2v) is 6.56. The summed E-state index contributed by atoms with van der Waals surface area (Å²) in [4.78, 5) is 13.6. The van der Waals surface area contributed by atoms with E-state index < -0.39 is 4.96 Å². The minimum atomic E-state index is -0.724. The third-order valence-corrected chi connectivity index (χ3v) is 3.54. The van der Waals surface area contributed by atoms with Gasteiger partial charge >= 0.3 is 0 Å². The van der Waals surface area contributed by atoms with Crippen LogP contribution in [0.25, 0.3) is 0 Å². The topological polar surface area (TPSA) is 53.9 Å². The predicted molar refractivity (Wildman–Crippen MR) is 79.2 cm³/mol. The fourth-order valence-electron chi connectivity index (χ4n) is 1.76. The standard InChI is InChI=1S/C11H16Cl3N5/c1-6(2)15-9-16-8(14)17-10(18-9)19(7(12)13)11(3)4-5-11/h6-7H,4-5H2,1-3H3,(H,15,16,17,18). The molecule has 0 saturated heterocycles. The van der Waals surface area contributed by atoms with Crippen molar-refractivity contribution in [1.29, 1.82) is 0 Å². The van der Waals surface area contributed by atoms with Crippen LogP contribution < -0.4 is 10.2 Å². The first-order valence-electron chi connectivity index (χ1n) is 6.07. The molecule has 2 rings (SSSR count). The van der Waals surface area contributed by atoms with Gasteiger partial charge in [0.2, 0.25) is 17.2 Å². The summed E-state index contributed by atoms with van der Waals surface area (Å²) in [6, 6.07) is 0.194. The predicted octanol–water partition coefficient (Wildman–Crippen LogP) is 3.47. The molecule has 1 saturated carbocycles. The summed E-state index contributed by atoms with van der Waals surface area (Å²) in [6.07, 6.45) is 2.00. The molecule has 0 radical (unpaired) electrons. The van der Waals surface area contributed by atoms with E-state index in [1.165, 1.54) is 0 Å². The highest BCUT2D eigenvalue weighted by molar-refractivity contribution is 6.45. The van der Waals surface area contributed by atoms with Crippen molar-refractivity contribution in [3.63, 3.8) is 0 Å². The number of nitrogens with one attached hydrogen (secondary N) is 1. The average Bonchev–Trinajstić information content (AvgIpc) is 2.93. The first kappa shape index (κ1) is 14.9. The lowest BCUT2D eigenvalue weighted by Crippen LogP contribution is -2.39. The summed E-state index contributed by atoms with van der Waals surface area (Å²) in [7, 11) is 0. The number of halogens is 3. The average molecular weight is 325 g/mol. The summed E-state index contributed by atoms with van der Waals surface area (Å²) >= 11 is 18.0. The van der Waals surface area contributed by atoms with Gasteiger partial charge in [-0.15, -0.1) is 0 Å². The van der Waals surface area contributed by atoms with Crippen LogP contribution in [0, 0.1) is 0 Å². The quantitative estimate of drug-likeness (QED) is 0.664. The molecule has 1 N–H and O–H groups in total. The lowest BCUT2D eigenvalue weighted by molar-refractivity contribution is 0.640. The van der Waals surface area contributed by atoms with Crippen molar-refractivity contribution < 1.29 is 0 Å². The molecule has 5 nitrogen and oxygen atoms in total. The van der Waals surface area contributed by atoms with Crippen molar-refractivity contribution in [3.05, 3.63) is 5.28 Å².